The summed E-state index contributed by atoms with van der Waals surface area (Å²) in [6.45, 7) is 2.58. The summed E-state index contributed by atoms with van der Waals surface area (Å²) in [7, 11) is 0. The summed E-state index contributed by atoms with van der Waals surface area (Å²) < 4.78 is 14.3. The predicted octanol–water partition coefficient (Wildman–Crippen LogP) is 1.79. The fourth-order valence-corrected chi connectivity index (χ4v) is 1.57. The number of nitrogens with one attached hydrogen (secondary N) is 1. The van der Waals surface area contributed by atoms with E-state index in [0.717, 1.165) is 12.0 Å². The van der Waals surface area contributed by atoms with Crippen molar-refractivity contribution in [1.82, 2.24) is 14.8 Å². The summed E-state index contributed by atoms with van der Waals surface area (Å²) in [6.07, 6.45) is 0.841. The SMILES string of the molecule is CCCn1c(-c2ccc(F)cc2)n[nH]c1=O. The fourth-order valence-electron chi connectivity index (χ4n) is 1.57. The predicted molar refractivity (Wildman–Crippen MR) is 58.5 cm³/mol. The van der Waals surface area contributed by atoms with E-state index in [1.807, 2.05) is 6.92 Å². The van der Waals surface area contributed by atoms with Crippen molar-refractivity contribution in [3.05, 3.63) is 40.6 Å². The highest BCUT2D eigenvalue weighted by Crippen LogP contribution is 2.15. The number of aromatic amines is 1. The maximum absolute atomic E-state index is 12.8. The molecule has 16 heavy (non-hydrogen) atoms. The highest BCUT2D eigenvalue weighted by Gasteiger charge is 2.09. The molecule has 2 rings (SSSR count). The molecule has 0 saturated carbocycles. The molecule has 0 amide bonds. The van der Waals surface area contributed by atoms with E-state index in [-0.39, 0.29) is 11.5 Å². The second kappa shape index (κ2) is 4.30. The molecule has 0 bridgehead atoms. The summed E-state index contributed by atoms with van der Waals surface area (Å²) in [5.74, 6) is 0.246. The monoisotopic (exact) mass is 221 g/mol. The Morgan fingerprint density at radius 2 is 2.06 bits per heavy atom. The van der Waals surface area contributed by atoms with Gasteiger partial charge in [0, 0.05) is 12.1 Å². The van der Waals surface area contributed by atoms with Crippen molar-refractivity contribution in [2.24, 2.45) is 0 Å². The minimum Gasteiger partial charge on any atom is -0.275 e. The number of hydrogen-bond acceptors (Lipinski definition) is 2. The van der Waals surface area contributed by atoms with E-state index in [4.69, 9.17) is 0 Å². The van der Waals surface area contributed by atoms with Crippen LogP contribution in [0.4, 0.5) is 4.39 Å². The minimum atomic E-state index is -0.302. The van der Waals surface area contributed by atoms with Crippen LogP contribution in [0.2, 0.25) is 0 Å². The van der Waals surface area contributed by atoms with E-state index in [9.17, 15) is 9.18 Å². The Hall–Kier alpha value is -1.91. The maximum Gasteiger partial charge on any atom is 0.343 e. The van der Waals surface area contributed by atoms with Gasteiger partial charge in [0.25, 0.3) is 0 Å². The van der Waals surface area contributed by atoms with Gasteiger partial charge in [-0.3, -0.25) is 4.57 Å². The average molecular weight is 221 g/mol. The zero-order chi connectivity index (χ0) is 11.5. The Balaban J connectivity index is 2.47. The van der Waals surface area contributed by atoms with Gasteiger partial charge in [0.05, 0.1) is 0 Å². The molecular weight excluding hydrogens is 209 g/mol. The molecule has 1 N–H and O–H groups in total. The summed E-state index contributed by atoms with van der Waals surface area (Å²) in [5, 5.41) is 6.34. The molecular formula is C11H12FN3O. The number of benzene rings is 1. The quantitative estimate of drug-likeness (QED) is 0.859. The average Bonchev–Trinajstić information content (AvgIpc) is 2.63. The van der Waals surface area contributed by atoms with E-state index in [1.54, 1.807) is 16.7 Å². The van der Waals surface area contributed by atoms with E-state index >= 15 is 0 Å². The Morgan fingerprint density at radius 1 is 1.38 bits per heavy atom. The Bertz CT molecular complexity index is 527. The molecule has 1 aromatic carbocycles. The summed E-state index contributed by atoms with van der Waals surface area (Å²) >= 11 is 0. The van der Waals surface area contributed by atoms with Crippen molar-refractivity contribution >= 4 is 0 Å². The first kappa shape index (κ1) is 10.6. The molecule has 2 aromatic rings. The van der Waals surface area contributed by atoms with Gasteiger partial charge in [-0.15, -0.1) is 0 Å². The molecule has 1 aromatic heterocycles. The molecule has 0 atom stereocenters. The van der Waals surface area contributed by atoms with Crippen LogP contribution in [0.3, 0.4) is 0 Å². The summed E-state index contributed by atoms with van der Waals surface area (Å²) in [6, 6.07) is 5.92. The largest absolute Gasteiger partial charge is 0.343 e. The van der Waals surface area contributed by atoms with Gasteiger partial charge >= 0.3 is 5.69 Å². The number of halogens is 1. The van der Waals surface area contributed by atoms with Crippen LogP contribution in [-0.4, -0.2) is 14.8 Å². The molecule has 0 aliphatic carbocycles. The van der Waals surface area contributed by atoms with Crippen LogP contribution < -0.4 is 5.69 Å². The van der Waals surface area contributed by atoms with E-state index in [1.165, 1.54) is 12.1 Å². The van der Waals surface area contributed by atoms with Gasteiger partial charge < -0.3 is 0 Å². The smallest absolute Gasteiger partial charge is 0.275 e. The molecule has 0 saturated heterocycles. The lowest BCUT2D eigenvalue weighted by Gasteiger charge is -2.03. The van der Waals surface area contributed by atoms with Crippen LogP contribution in [0.25, 0.3) is 11.4 Å². The Labute approximate surface area is 91.7 Å². The highest BCUT2D eigenvalue weighted by molar-refractivity contribution is 5.54. The van der Waals surface area contributed by atoms with Crippen molar-refractivity contribution in [2.75, 3.05) is 0 Å². The second-order valence-corrected chi connectivity index (χ2v) is 3.51. The molecule has 0 spiro atoms. The maximum atomic E-state index is 12.8. The van der Waals surface area contributed by atoms with Gasteiger partial charge in [0.2, 0.25) is 0 Å². The first-order valence-electron chi connectivity index (χ1n) is 5.13. The first-order chi connectivity index (χ1) is 7.72. The standard InChI is InChI=1S/C11H12FN3O/c1-2-7-15-10(13-14-11(15)16)8-3-5-9(12)6-4-8/h3-6H,2,7H2,1H3,(H,14,16). The fraction of sp³-hybridized carbons (Fsp3) is 0.273. The number of rotatable bonds is 3. The third kappa shape index (κ3) is 1.88. The molecule has 0 aliphatic heterocycles. The lowest BCUT2D eigenvalue weighted by molar-refractivity contribution is 0.627. The molecule has 5 heteroatoms. The van der Waals surface area contributed by atoms with Gasteiger partial charge in [-0.1, -0.05) is 6.92 Å². The highest BCUT2D eigenvalue weighted by atomic mass is 19.1. The molecule has 0 unspecified atom stereocenters. The van der Waals surface area contributed by atoms with Gasteiger partial charge in [0.1, 0.15) is 5.82 Å². The van der Waals surface area contributed by atoms with Gasteiger partial charge in [-0.2, -0.15) is 5.10 Å². The number of nitrogens with zero attached hydrogens (tertiary/aromatic N) is 2. The number of H-pyrrole nitrogens is 1. The zero-order valence-corrected chi connectivity index (χ0v) is 8.90. The Kier molecular flexibility index (Phi) is 2.85. The van der Waals surface area contributed by atoms with E-state index in [2.05, 4.69) is 10.2 Å². The van der Waals surface area contributed by atoms with Gasteiger partial charge in [-0.05, 0) is 30.7 Å². The van der Waals surface area contributed by atoms with Crippen LogP contribution in [0, 0.1) is 5.82 Å². The molecule has 84 valence electrons. The normalized spacial score (nSPS) is 10.6. The lowest BCUT2D eigenvalue weighted by atomic mass is 10.2. The van der Waals surface area contributed by atoms with Crippen molar-refractivity contribution in [3.8, 4) is 11.4 Å². The third-order valence-electron chi connectivity index (χ3n) is 2.31. The van der Waals surface area contributed by atoms with Gasteiger partial charge in [-0.25, -0.2) is 14.3 Å². The van der Waals surface area contributed by atoms with Crippen LogP contribution in [0.15, 0.2) is 29.1 Å². The topological polar surface area (TPSA) is 50.7 Å². The summed E-state index contributed by atoms with van der Waals surface area (Å²) in [4.78, 5) is 11.4. The molecule has 4 nitrogen and oxygen atoms in total. The number of hydrogen-bond donors (Lipinski definition) is 1. The lowest BCUT2D eigenvalue weighted by Crippen LogP contribution is -2.17. The molecule has 0 aliphatic rings. The van der Waals surface area contributed by atoms with Crippen molar-refractivity contribution < 1.29 is 4.39 Å². The van der Waals surface area contributed by atoms with Crippen LogP contribution >= 0.6 is 0 Å². The third-order valence-corrected chi connectivity index (χ3v) is 2.31. The van der Waals surface area contributed by atoms with Crippen molar-refractivity contribution in [3.63, 3.8) is 0 Å². The zero-order valence-electron chi connectivity index (χ0n) is 8.90. The Morgan fingerprint density at radius 3 is 2.69 bits per heavy atom. The van der Waals surface area contributed by atoms with Gasteiger partial charge in [0.15, 0.2) is 5.82 Å². The van der Waals surface area contributed by atoms with Crippen LogP contribution in [0.1, 0.15) is 13.3 Å². The van der Waals surface area contributed by atoms with Crippen molar-refractivity contribution in [1.29, 1.82) is 0 Å². The second-order valence-electron chi connectivity index (χ2n) is 3.51. The van der Waals surface area contributed by atoms with E-state index < -0.39 is 0 Å². The van der Waals surface area contributed by atoms with Crippen molar-refractivity contribution in [2.45, 2.75) is 19.9 Å². The number of aromatic nitrogens is 3. The van der Waals surface area contributed by atoms with E-state index in [0.29, 0.717) is 12.4 Å². The molecule has 0 fully saturated rings. The molecule has 0 radical (unpaired) electrons. The summed E-state index contributed by atoms with van der Waals surface area (Å²) in [5.41, 5.74) is 0.495. The molecule has 1 heterocycles. The minimum absolute atomic E-state index is 0.235. The van der Waals surface area contributed by atoms with Crippen LogP contribution in [-0.2, 0) is 6.54 Å². The first-order valence-corrected chi connectivity index (χ1v) is 5.13. The van der Waals surface area contributed by atoms with Crippen LogP contribution in [0.5, 0.6) is 0 Å².